The van der Waals surface area contributed by atoms with Crippen LogP contribution in [-0.4, -0.2) is 76.0 Å². The minimum absolute atomic E-state index is 0. The van der Waals surface area contributed by atoms with Crippen molar-refractivity contribution in [3.63, 3.8) is 0 Å². The molecule has 1 aliphatic heterocycles. The van der Waals surface area contributed by atoms with E-state index in [0.717, 1.165) is 37.2 Å². The summed E-state index contributed by atoms with van der Waals surface area (Å²) in [5.74, 6) is 0.000877. The van der Waals surface area contributed by atoms with Gasteiger partial charge < -0.3 is 12.4 Å². The Hall–Kier alpha value is -0.312. The number of carbonyl (C=O) groups is 2. The molecular weight excluding hydrogens is 303 g/mol. The number of nitrogens with zero attached hydrogens (tertiary/aromatic N) is 2. The van der Waals surface area contributed by atoms with E-state index in [4.69, 9.17) is 0 Å². The smallest absolute Gasteiger partial charge is 1.00 e. The van der Waals surface area contributed by atoms with Crippen LogP contribution in [0.15, 0.2) is 12.7 Å². The summed E-state index contributed by atoms with van der Waals surface area (Å²) < 4.78 is 1.12. The number of piperazine rings is 1. The SMILES string of the molecule is C=CC(=O)N1CC[N+](CC)(CC(=O)[AsH2])CC1.[Cl-]. The Kier molecular flexibility index (Phi) is 7.06. The van der Waals surface area contributed by atoms with E-state index in [1.165, 1.54) is 22.9 Å². The van der Waals surface area contributed by atoms with Gasteiger partial charge in [-0.2, -0.15) is 0 Å². The Morgan fingerprint density at radius 3 is 2.29 bits per heavy atom. The van der Waals surface area contributed by atoms with Crippen LogP contribution in [0.1, 0.15) is 6.92 Å². The molecule has 1 fully saturated rings. The molecule has 0 aliphatic carbocycles. The van der Waals surface area contributed by atoms with Crippen LogP contribution < -0.4 is 12.4 Å². The molecule has 0 aromatic carbocycles. The molecule has 1 unspecified atom stereocenters. The standard InChI is InChI=1S/C11H20AsN2O2.ClH/c1-3-11(16)13-5-7-14(4-2,8-6-13)9-10(12)15;/h3H,1,4-9,12H2,2H3;1H/q+1;/p-1. The molecule has 17 heavy (non-hydrogen) atoms. The van der Waals surface area contributed by atoms with Crippen molar-refractivity contribution in [1.82, 2.24) is 4.90 Å². The van der Waals surface area contributed by atoms with E-state index in [0.29, 0.717) is 6.54 Å². The zero-order chi connectivity index (χ0) is 12.2. The summed E-state index contributed by atoms with van der Waals surface area (Å²) in [5.41, 5.74) is 0. The molecule has 1 heterocycles. The van der Waals surface area contributed by atoms with E-state index in [9.17, 15) is 9.59 Å². The van der Waals surface area contributed by atoms with Gasteiger partial charge in [0.05, 0.1) is 0 Å². The van der Waals surface area contributed by atoms with Crippen LogP contribution in [0.5, 0.6) is 0 Å². The van der Waals surface area contributed by atoms with Crippen molar-refractivity contribution in [1.29, 1.82) is 0 Å². The predicted molar refractivity (Wildman–Crippen MR) is 65.7 cm³/mol. The van der Waals surface area contributed by atoms with Crippen LogP contribution >= 0.6 is 0 Å². The average molecular weight is 323 g/mol. The van der Waals surface area contributed by atoms with Gasteiger partial charge in [0.2, 0.25) is 0 Å². The summed E-state index contributed by atoms with van der Waals surface area (Å²) in [6.45, 7) is 10.4. The van der Waals surface area contributed by atoms with Crippen LogP contribution in [-0.2, 0) is 9.59 Å². The predicted octanol–water partition coefficient (Wildman–Crippen LogP) is -3.98. The van der Waals surface area contributed by atoms with Crippen molar-refractivity contribution in [3.8, 4) is 0 Å². The van der Waals surface area contributed by atoms with Crippen LogP contribution in [0, 0.1) is 0 Å². The van der Waals surface area contributed by atoms with Crippen molar-refractivity contribution < 1.29 is 26.5 Å². The van der Waals surface area contributed by atoms with Crippen LogP contribution in [0.3, 0.4) is 0 Å². The minimum atomic E-state index is 0. The second-order valence-electron chi connectivity index (χ2n) is 4.26. The first kappa shape index (κ1) is 16.7. The van der Waals surface area contributed by atoms with Crippen molar-refractivity contribution in [2.45, 2.75) is 6.92 Å². The molecule has 0 aromatic heterocycles. The van der Waals surface area contributed by atoms with Crippen LogP contribution in [0.2, 0.25) is 0 Å². The topological polar surface area (TPSA) is 37.4 Å². The van der Waals surface area contributed by atoms with E-state index in [-0.39, 0.29) is 22.9 Å². The number of hydrogen-bond acceptors (Lipinski definition) is 2. The van der Waals surface area contributed by atoms with Crippen molar-refractivity contribution in [2.75, 3.05) is 39.3 Å². The zero-order valence-corrected chi connectivity index (χ0v) is 13.4. The number of likely N-dealkylation sites (N-methyl/N-ethyl adjacent to an activating group) is 1. The second-order valence-corrected chi connectivity index (χ2v) is 5.61. The zero-order valence-electron chi connectivity index (χ0n) is 10.2. The Morgan fingerprint density at radius 1 is 1.41 bits per heavy atom. The van der Waals surface area contributed by atoms with E-state index in [2.05, 4.69) is 13.5 Å². The number of carbonyl (C=O) groups excluding carboxylic acids is 2. The normalized spacial score (nSPS) is 18.1. The van der Waals surface area contributed by atoms with Crippen LogP contribution in [0.25, 0.3) is 0 Å². The number of hydrogen-bond donors (Lipinski definition) is 0. The number of halogens is 1. The van der Waals surface area contributed by atoms with Gasteiger partial charge in [0, 0.05) is 0 Å². The molecule has 0 N–H and O–H groups in total. The summed E-state index contributed by atoms with van der Waals surface area (Å²) in [6.07, 6.45) is 1.36. The molecular formula is C11H20AsClN2O2. The molecule has 1 aliphatic rings. The molecule has 1 rings (SSSR count). The van der Waals surface area contributed by atoms with Crippen molar-refractivity contribution in [3.05, 3.63) is 12.7 Å². The molecule has 1 atom stereocenters. The number of rotatable bonds is 4. The van der Waals surface area contributed by atoms with E-state index in [1.54, 1.807) is 0 Å². The molecule has 0 aromatic rings. The average Bonchev–Trinajstić information content (AvgIpc) is 2.28. The van der Waals surface area contributed by atoms with Crippen LogP contribution in [0.4, 0.5) is 0 Å². The maximum Gasteiger partial charge on any atom is -1.00 e. The van der Waals surface area contributed by atoms with Gasteiger partial charge in [0.1, 0.15) is 0 Å². The Morgan fingerprint density at radius 2 is 1.94 bits per heavy atom. The molecule has 0 saturated carbocycles. The van der Waals surface area contributed by atoms with Crippen molar-refractivity contribution >= 4 is 27.3 Å². The van der Waals surface area contributed by atoms with Gasteiger partial charge >= 0.3 is 105 Å². The first-order chi connectivity index (χ1) is 7.53. The van der Waals surface area contributed by atoms with E-state index < -0.39 is 0 Å². The molecule has 0 bridgehead atoms. The molecule has 4 nitrogen and oxygen atoms in total. The molecule has 0 radical (unpaired) electrons. The molecule has 6 heteroatoms. The second kappa shape index (κ2) is 7.20. The quantitative estimate of drug-likeness (QED) is 0.301. The largest absolute Gasteiger partial charge is 1.00 e. The monoisotopic (exact) mass is 322 g/mol. The number of amides is 1. The van der Waals surface area contributed by atoms with Gasteiger partial charge in [-0.25, -0.2) is 0 Å². The van der Waals surface area contributed by atoms with Gasteiger partial charge in [0.25, 0.3) is 0 Å². The first-order valence-electron chi connectivity index (χ1n) is 5.58. The fourth-order valence-corrected chi connectivity index (χ4v) is 2.97. The first-order valence-corrected chi connectivity index (χ1v) is 6.79. The summed E-state index contributed by atoms with van der Waals surface area (Å²) in [7, 11) is 0. The Bertz CT molecular complexity index is 302. The Labute approximate surface area is 118 Å². The fraction of sp³-hybridized carbons (Fsp3) is 0.636. The van der Waals surface area contributed by atoms with Gasteiger partial charge in [-0.3, -0.25) is 0 Å². The van der Waals surface area contributed by atoms with Gasteiger partial charge in [-0.15, -0.1) is 0 Å². The van der Waals surface area contributed by atoms with Gasteiger partial charge in [-0.05, 0) is 0 Å². The molecule has 0 spiro atoms. The third kappa shape index (κ3) is 4.45. The third-order valence-electron chi connectivity index (χ3n) is 3.34. The molecule has 1 amide bonds. The molecule has 98 valence electrons. The maximum atomic E-state index is 11.4. The third-order valence-corrected chi connectivity index (χ3v) is 3.72. The summed E-state index contributed by atoms with van der Waals surface area (Å²) >= 11 is 1.18. The summed E-state index contributed by atoms with van der Waals surface area (Å²) in [4.78, 5) is 24.5. The Balaban J connectivity index is 0.00000256. The maximum absolute atomic E-state index is 11.4. The summed E-state index contributed by atoms with van der Waals surface area (Å²) in [6, 6.07) is 0. The molecule has 1 saturated heterocycles. The van der Waals surface area contributed by atoms with Crippen molar-refractivity contribution in [2.24, 2.45) is 0 Å². The van der Waals surface area contributed by atoms with Gasteiger partial charge in [-0.1, -0.05) is 0 Å². The fourth-order valence-electron chi connectivity index (χ4n) is 2.16. The minimum Gasteiger partial charge on any atom is -1.00 e. The number of quaternary nitrogens is 1. The van der Waals surface area contributed by atoms with E-state index in [1.807, 2.05) is 4.90 Å². The van der Waals surface area contributed by atoms with Gasteiger partial charge in [0.15, 0.2) is 0 Å². The van der Waals surface area contributed by atoms with E-state index >= 15 is 0 Å². The summed E-state index contributed by atoms with van der Waals surface area (Å²) in [5, 5.41) is 0.